The van der Waals surface area contributed by atoms with Crippen LogP contribution in [0.1, 0.15) is 36.7 Å². The number of aromatic amines is 1. The zero-order chi connectivity index (χ0) is 13.4. The highest BCUT2D eigenvalue weighted by Gasteiger charge is 2.15. The number of rotatable bonds is 2. The van der Waals surface area contributed by atoms with Crippen molar-refractivity contribution >= 4 is 28.1 Å². The zero-order valence-corrected chi connectivity index (χ0v) is 13.3. The standard InChI is InChI=1S/C13H16BrN3S/c1-7(2)12-15-16-13(18)17(12)11-8(3)5-10(14)6-9(11)4/h5-7H,1-4H3,(H,16,18). The summed E-state index contributed by atoms with van der Waals surface area (Å²) in [4.78, 5) is 0. The van der Waals surface area contributed by atoms with Gasteiger partial charge in [0.15, 0.2) is 4.77 Å². The van der Waals surface area contributed by atoms with E-state index in [2.05, 4.69) is 66.0 Å². The summed E-state index contributed by atoms with van der Waals surface area (Å²) in [5.74, 6) is 1.29. The van der Waals surface area contributed by atoms with Crippen molar-refractivity contribution in [2.45, 2.75) is 33.6 Å². The molecule has 0 saturated carbocycles. The van der Waals surface area contributed by atoms with Crippen LogP contribution in [0.25, 0.3) is 5.69 Å². The fourth-order valence-corrected chi connectivity index (χ4v) is 3.09. The Balaban J connectivity index is 2.77. The second-order valence-electron chi connectivity index (χ2n) is 4.77. The monoisotopic (exact) mass is 325 g/mol. The van der Waals surface area contributed by atoms with Gasteiger partial charge in [0.05, 0.1) is 5.69 Å². The van der Waals surface area contributed by atoms with E-state index in [0.29, 0.717) is 10.7 Å². The van der Waals surface area contributed by atoms with Crippen LogP contribution in [0.4, 0.5) is 0 Å². The molecule has 2 rings (SSSR count). The van der Waals surface area contributed by atoms with E-state index in [4.69, 9.17) is 12.2 Å². The number of halogens is 1. The van der Waals surface area contributed by atoms with Crippen molar-refractivity contribution in [2.75, 3.05) is 0 Å². The molecular weight excluding hydrogens is 310 g/mol. The lowest BCUT2D eigenvalue weighted by Gasteiger charge is -2.15. The second kappa shape index (κ2) is 4.97. The maximum atomic E-state index is 5.36. The average molecular weight is 326 g/mol. The van der Waals surface area contributed by atoms with E-state index in [1.807, 2.05) is 4.57 Å². The lowest BCUT2D eigenvalue weighted by atomic mass is 10.1. The summed E-state index contributed by atoms with van der Waals surface area (Å²) < 4.78 is 3.77. The van der Waals surface area contributed by atoms with Gasteiger partial charge in [-0.05, 0) is 49.3 Å². The van der Waals surface area contributed by atoms with Gasteiger partial charge in [-0.15, -0.1) is 0 Å². The summed E-state index contributed by atoms with van der Waals surface area (Å²) >= 11 is 8.88. The van der Waals surface area contributed by atoms with Gasteiger partial charge in [-0.25, -0.2) is 0 Å². The van der Waals surface area contributed by atoms with Gasteiger partial charge in [0.25, 0.3) is 0 Å². The van der Waals surface area contributed by atoms with E-state index in [0.717, 1.165) is 16.0 Å². The van der Waals surface area contributed by atoms with Crippen molar-refractivity contribution in [1.82, 2.24) is 14.8 Å². The number of nitrogens with zero attached hydrogens (tertiary/aromatic N) is 2. The first-order valence-electron chi connectivity index (χ1n) is 5.86. The molecule has 0 aliphatic rings. The molecule has 1 N–H and O–H groups in total. The summed E-state index contributed by atoms with van der Waals surface area (Å²) in [5.41, 5.74) is 3.49. The Morgan fingerprint density at radius 1 is 1.28 bits per heavy atom. The van der Waals surface area contributed by atoms with Crippen molar-refractivity contribution in [3.8, 4) is 5.69 Å². The highest BCUT2D eigenvalue weighted by molar-refractivity contribution is 9.10. The molecule has 0 spiro atoms. The Morgan fingerprint density at radius 2 is 1.83 bits per heavy atom. The van der Waals surface area contributed by atoms with Crippen LogP contribution in [-0.2, 0) is 0 Å². The molecule has 2 aromatic rings. The molecule has 0 bridgehead atoms. The molecule has 1 aromatic heterocycles. The van der Waals surface area contributed by atoms with E-state index in [1.165, 1.54) is 11.1 Å². The van der Waals surface area contributed by atoms with Gasteiger partial charge < -0.3 is 0 Å². The van der Waals surface area contributed by atoms with Crippen LogP contribution in [-0.4, -0.2) is 14.8 Å². The number of hydrogen-bond donors (Lipinski definition) is 1. The molecule has 0 fully saturated rings. The molecule has 1 heterocycles. The summed E-state index contributed by atoms with van der Waals surface area (Å²) in [6.45, 7) is 8.41. The van der Waals surface area contributed by atoms with Crippen LogP contribution in [0.3, 0.4) is 0 Å². The normalized spacial score (nSPS) is 11.2. The van der Waals surface area contributed by atoms with Crippen molar-refractivity contribution in [2.24, 2.45) is 0 Å². The maximum Gasteiger partial charge on any atom is 0.199 e. The third-order valence-electron chi connectivity index (χ3n) is 2.89. The molecule has 5 heteroatoms. The third kappa shape index (κ3) is 2.29. The van der Waals surface area contributed by atoms with E-state index in [-0.39, 0.29) is 0 Å². The maximum absolute atomic E-state index is 5.36. The first-order chi connectivity index (χ1) is 8.41. The minimum Gasteiger partial charge on any atom is -0.271 e. The minimum absolute atomic E-state index is 0.320. The largest absolute Gasteiger partial charge is 0.271 e. The van der Waals surface area contributed by atoms with Crippen LogP contribution in [0.5, 0.6) is 0 Å². The van der Waals surface area contributed by atoms with Crippen molar-refractivity contribution in [3.63, 3.8) is 0 Å². The predicted octanol–water partition coefficient (Wildman–Crippen LogP) is 4.43. The fraction of sp³-hybridized carbons (Fsp3) is 0.385. The number of nitrogens with one attached hydrogen (secondary N) is 1. The van der Waals surface area contributed by atoms with E-state index >= 15 is 0 Å². The minimum atomic E-state index is 0.320. The molecule has 0 amide bonds. The lowest BCUT2D eigenvalue weighted by molar-refractivity contribution is 0.741. The van der Waals surface area contributed by atoms with Crippen molar-refractivity contribution < 1.29 is 0 Å². The fourth-order valence-electron chi connectivity index (χ4n) is 2.17. The summed E-state index contributed by atoms with van der Waals surface area (Å²) in [7, 11) is 0. The molecule has 0 atom stereocenters. The highest BCUT2D eigenvalue weighted by atomic mass is 79.9. The van der Waals surface area contributed by atoms with Gasteiger partial charge in [-0.1, -0.05) is 29.8 Å². The third-order valence-corrected chi connectivity index (χ3v) is 3.63. The van der Waals surface area contributed by atoms with Gasteiger partial charge in [0.2, 0.25) is 0 Å². The number of aromatic nitrogens is 3. The molecule has 0 saturated heterocycles. The number of benzene rings is 1. The highest BCUT2D eigenvalue weighted by Crippen LogP contribution is 2.27. The molecular formula is C13H16BrN3S. The van der Waals surface area contributed by atoms with Crippen LogP contribution in [0.2, 0.25) is 0 Å². The van der Waals surface area contributed by atoms with Crippen molar-refractivity contribution in [1.29, 1.82) is 0 Å². The first-order valence-corrected chi connectivity index (χ1v) is 7.06. The smallest absolute Gasteiger partial charge is 0.199 e. The van der Waals surface area contributed by atoms with Crippen LogP contribution in [0, 0.1) is 18.6 Å². The Hall–Kier alpha value is -0.940. The molecule has 0 radical (unpaired) electrons. The van der Waals surface area contributed by atoms with Crippen LogP contribution >= 0.6 is 28.1 Å². The quantitative estimate of drug-likeness (QED) is 0.828. The topological polar surface area (TPSA) is 33.6 Å². The molecule has 0 aliphatic heterocycles. The molecule has 0 aliphatic carbocycles. The van der Waals surface area contributed by atoms with Crippen molar-refractivity contribution in [3.05, 3.63) is 38.3 Å². The zero-order valence-electron chi connectivity index (χ0n) is 10.9. The SMILES string of the molecule is Cc1cc(Br)cc(C)c1-n1c(C(C)C)n[nH]c1=S. The molecule has 3 nitrogen and oxygen atoms in total. The molecule has 18 heavy (non-hydrogen) atoms. The summed E-state index contributed by atoms with van der Waals surface area (Å²) in [6.07, 6.45) is 0. The van der Waals surface area contributed by atoms with Gasteiger partial charge in [-0.3, -0.25) is 9.67 Å². The Morgan fingerprint density at radius 3 is 2.33 bits per heavy atom. The Bertz CT molecular complexity index is 617. The first kappa shape index (κ1) is 13.5. The summed E-state index contributed by atoms with van der Waals surface area (Å²) in [6, 6.07) is 4.20. The van der Waals surface area contributed by atoms with Crippen LogP contribution in [0.15, 0.2) is 16.6 Å². The van der Waals surface area contributed by atoms with Gasteiger partial charge in [0.1, 0.15) is 5.82 Å². The lowest BCUT2D eigenvalue weighted by Crippen LogP contribution is -2.07. The molecule has 96 valence electrons. The van der Waals surface area contributed by atoms with Gasteiger partial charge in [0, 0.05) is 10.4 Å². The van der Waals surface area contributed by atoms with Crippen LogP contribution < -0.4 is 0 Å². The van der Waals surface area contributed by atoms with Gasteiger partial charge in [-0.2, -0.15) is 5.10 Å². The van der Waals surface area contributed by atoms with Gasteiger partial charge >= 0.3 is 0 Å². The van der Waals surface area contributed by atoms with E-state index in [1.54, 1.807) is 0 Å². The second-order valence-corrected chi connectivity index (χ2v) is 6.07. The number of hydrogen-bond acceptors (Lipinski definition) is 2. The van der Waals surface area contributed by atoms with E-state index < -0.39 is 0 Å². The number of aryl methyl sites for hydroxylation is 2. The predicted molar refractivity (Wildman–Crippen MR) is 80.0 cm³/mol. The Kier molecular flexibility index (Phi) is 3.73. The Labute approximate surface area is 120 Å². The van der Waals surface area contributed by atoms with E-state index in [9.17, 15) is 0 Å². The molecule has 0 unspecified atom stereocenters. The number of H-pyrrole nitrogens is 1. The summed E-state index contributed by atoms with van der Waals surface area (Å²) in [5, 5.41) is 7.22. The molecule has 1 aromatic carbocycles. The average Bonchev–Trinajstić information content (AvgIpc) is 2.59.